The van der Waals surface area contributed by atoms with Gasteiger partial charge in [0.25, 0.3) is 0 Å². The maximum atomic E-state index is 12.7. The molecule has 21 heavy (non-hydrogen) atoms. The molecule has 0 saturated carbocycles. The number of hydrogen-bond acceptors (Lipinski definition) is 5. The Bertz CT molecular complexity index is 507. The van der Waals surface area contributed by atoms with Crippen LogP contribution in [-0.2, 0) is 9.53 Å². The van der Waals surface area contributed by atoms with Gasteiger partial charge in [0, 0.05) is 0 Å². The number of thiophene rings is 1. The lowest BCUT2D eigenvalue weighted by Crippen LogP contribution is -2.44. The molecular formula is C15H22N2O3S. The van der Waals surface area contributed by atoms with Crippen LogP contribution in [0.25, 0.3) is 0 Å². The highest BCUT2D eigenvalue weighted by atomic mass is 32.1. The summed E-state index contributed by atoms with van der Waals surface area (Å²) in [6.07, 6.45) is 2.46. The lowest BCUT2D eigenvalue weighted by Gasteiger charge is -2.35. The van der Waals surface area contributed by atoms with Gasteiger partial charge in [0.2, 0.25) is 5.91 Å². The second-order valence-electron chi connectivity index (χ2n) is 5.22. The van der Waals surface area contributed by atoms with Crippen LogP contribution >= 0.6 is 11.3 Å². The van der Waals surface area contributed by atoms with Crippen molar-refractivity contribution in [1.29, 1.82) is 0 Å². The van der Waals surface area contributed by atoms with Crippen molar-refractivity contribution in [3.05, 3.63) is 17.0 Å². The molecule has 1 aromatic rings. The van der Waals surface area contributed by atoms with E-state index in [1.165, 1.54) is 11.3 Å². The van der Waals surface area contributed by atoms with Gasteiger partial charge in [-0.2, -0.15) is 0 Å². The van der Waals surface area contributed by atoms with Crippen LogP contribution in [0.4, 0.5) is 5.00 Å². The van der Waals surface area contributed by atoms with Crippen LogP contribution in [0, 0.1) is 5.41 Å². The van der Waals surface area contributed by atoms with Crippen LogP contribution in [0.3, 0.4) is 0 Å². The third kappa shape index (κ3) is 3.44. The van der Waals surface area contributed by atoms with Crippen molar-refractivity contribution in [2.75, 3.05) is 25.0 Å². The Labute approximate surface area is 129 Å². The summed E-state index contributed by atoms with van der Waals surface area (Å²) >= 11 is 1.36. The number of esters is 1. The molecule has 2 heterocycles. The van der Waals surface area contributed by atoms with Crippen molar-refractivity contribution in [1.82, 2.24) is 5.32 Å². The summed E-state index contributed by atoms with van der Waals surface area (Å²) in [5.74, 6) is -0.371. The predicted octanol–water partition coefficient (Wildman–Crippen LogP) is 2.64. The fraction of sp³-hybridized carbons (Fsp3) is 0.600. The standard InChI is InChI=1S/C15H22N2O3S/c1-3-15(6-8-16-9-7-15)14(19)17-12-11(5-10-21-12)13(18)20-4-2/h5,10,16H,3-4,6-9H2,1-2H3,(H,17,19). The number of ether oxygens (including phenoxy) is 1. The topological polar surface area (TPSA) is 67.4 Å². The molecule has 1 fully saturated rings. The average Bonchev–Trinajstić information content (AvgIpc) is 2.96. The third-order valence-corrected chi connectivity index (χ3v) is 4.94. The minimum Gasteiger partial charge on any atom is -0.462 e. The molecular weight excluding hydrogens is 288 g/mol. The third-order valence-electron chi connectivity index (χ3n) is 4.11. The normalized spacial score (nSPS) is 17.2. The van der Waals surface area contributed by atoms with E-state index < -0.39 is 0 Å². The largest absolute Gasteiger partial charge is 0.462 e. The Morgan fingerprint density at radius 3 is 2.71 bits per heavy atom. The molecule has 1 aromatic heterocycles. The van der Waals surface area contributed by atoms with Crippen molar-refractivity contribution in [3.63, 3.8) is 0 Å². The molecule has 0 atom stereocenters. The fourth-order valence-corrected chi connectivity index (χ4v) is 3.43. The van der Waals surface area contributed by atoms with Gasteiger partial charge in [-0.05, 0) is 50.7 Å². The van der Waals surface area contributed by atoms with E-state index >= 15 is 0 Å². The van der Waals surface area contributed by atoms with Gasteiger partial charge >= 0.3 is 5.97 Å². The van der Waals surface area contributed by atoms with Gasteiger partial charge in [-0.3, -0.25) is 4.79 Å². The highest BCUT2D eigenvalue weighted by Gasteiger charge is 2.38. The molecule has 0 radical (unpaired) electrons. The first-order chi connectivity index (χ1) is 10.1. The fourth-order valence-electron chi connectivity index (χ4n) is 2.66. The Balaban J connectivity index is 2.12. The molecule has 2 N–H and O–H groups in total. The maximum Gasteiger partial charge on any atom is 0.341 e. The molecule has 2 rings (SSSR count). The number of carbonyl (C=O) groups is 2. The van der Waals surface area contributed by atoms with Crippen LogP contribution in [0.1, 0.15) is 43.5 Å². The SMILES string of the molecule is CCOC(=O)c1ccsc1NC(=O)C1(CC)CCNCC1. The summed E-state index contributed by atoms with van der Waals surface area (Å²) in [6.45, 7) is 5.86. The molecule has 1 saturated heterocycles. The minimum absolute atomic E-state index is 0.0134. The number of carbonyl (C=O) groups excluding carboxylic acids is 2. The van der Waals surface area contributed by atoms with E-state index in [0.29, 0.717) is 17.2 Å². The molecule has 0 bridgehead atoms. The second kappa shape index (κ2) is 7.04. The second-order valence-corrected chi connectivity index (χ2v) is 6.14. The Morgan fingerprint density at radius 1 is 1.38 bits per heavy atom. The molecule has 0 aliphatic carbocycles. The zero-order valence-electron chi connectivity index (χ0n) is 12.5. The maximum absolute atomic E-state index is 12.7. The number of piperidine rings is 1. The Hall–Kier alpha value is -1.40. The molecule has 0 unspecified atom stereocenters. The molecule has 116 valence electrons. The van der Waals surface area contributed by atoms with E-state index in [1.807, 2.05) is 6.92 Å². The first kappa shape index (κ1) is 16.0. The molecule has 5 nitrogen and oxygen atoms in total. The Kier molecular flexibility index (Phi) is 5.36. The van der Waals surface area contributed by atoms with Crippen molar-refractivity contribution in [3.8, 4) is 0 Å². The van der Waals surface area contributed by atoms with E-state index in [0.717, 1.165) is 32.4 Å². The molecule has 0 aromatic carbocycles. The van der Waals surface area contributed by atoms with E-state index in [4.69, 9.17) is 4.74 Å². The van der Waals surface area contributed by atoms with Gasteiger partial charge in [0.1, 0.15) is 5.00 Å². The summed E-state index contributed by atoms with van der Waals surface area (Å²) in [4.78, 5) is 24.5. The van der Waals surface area contributed by atoms with Crippen LogP contribution in [-0.4, -0.2) is 31.6 Å². The lowest BCUT2D eigenvalue weighted by molar-refractivity contribution is -0.127. The molecule has 6 heteroatoms. The molecule has 1 amide bonds. The number of rotatable bonds is 5. The van der Waals surface area contributed by atoms with Gasteiger partial charge in [-0.25, -0.2) is 4.79 Å². The summed E-state index contributed by atoms with van der Waals surface area (Å²) < 4.78 is 5.01. The average molecular weight is 310 g/mol. The van der Waals surface area contributed by atoms with Crippen molar-refractivity contribution >= 4 is 28.2 Å². The van der Waals surface area contributed by atoms with Gasteiger partial charge in [-0.1, -0.05) is 6.92 Å². The van der Waals surface area contributed by atoms with Crippen LogP contribution < -0.4 is 10.6 Å². The van der Waals surface area contributed by atoms with Gasteiger partial charge in [0.05, 0.1) is 17.6 Å². The smallest absolute Gasteiger partial charge is 0.341 e. The zero-order chi connectivity index (χ0) is 15.3. The lowest BCUT2D eigenvalue weighted by atomic mass is 9.76. The number of amides is 1. The highest BCUT2D eigenvalue weighted by molar-refractivity contribution is 7.14. The van der Waals surface area contributed by atoms with Gasteiger partial charge < -0.3 is 15.4 Å². The molecule has 1 aliphatic heterocycles. The van der Waals surface area contributed by atoms with E-state index in [2.05, 4.69) is 10.6 Å². The van der Waals surface area contributed by atoms with E-state index in [1.54, 1.807) is 18.4 Å². The van der Waals surface area contributed by atoms with Crippen LogP contribution in [0.15, 0.2) is 11.4 Å². The van der Waals surface area contributed by atoms with E-state index in [9.17, 15) is 9.59 Å². The summed E-state index contributed by atoms with van der Waals surface area (Å²) in [5, 5.41) is 8.61. The van der Waals surface area contributed by atoms with E-state index in [-0.39, 0.29) is 17.3 Å². The quantitative estimate of drug-likeness (QED) is 0.821. The van der Waals surface area contributed by atoms with Gasteiger partial charge in [0.15, 0.2) is 0 Å². The van der Waals surface area contributed by atoms with Crippen molar-refractivity contribution in [2.45, 2.75) is 33.1 Å². The first-order valence-electron chi connectivity index (χ1n) is 7.39. The summed E-state index contributed by atoms with van der Waals surface area (Å²) in [5.41, 5.74) is 0.108. The summed E-state index contributed by atoms with van der Waals surface area (Å²) in [7, 11) is 0. The molecule has 1 aliphatic rings. The van der Waals surface area contributed by atoms with Crippen molar-refractivity contribution < 1.29 is 14.3 Å². The predicted molar refractivity (Wildman–Crippen MR) is 83.7 cm³/mol. The number of nitrogens with one attached hydrogen (secondary N) is 2. The Morgan fingerprint density at radius 2 is 2.10 bits per heavy atom. The molecule has 0 spiro atoms. The minimum atomic E-state index is -0.384. The number of hydrogen-bond donors (Lipinski definition) is 2. The number of anilines is 1. The van der Waals surface area contributed by atoms with Crippen LogP contribution in [0.2, 0.25) is 0 Å². The van der Waals surface area contributed by atoms with Gasteiger partial charge in [-0.15, -0.1) is 11.3 Å². The zero-order valence-corrected chi connectivity index (χ0v) is 13.3. The first-order valence-corrected chi connectivity index (χ1v) is 8.27. The van der Waals surface area contributed by atoms with Crippen LogP contribution in [0.5, 0.6) is 0 Å². The highest BCUT2D eigenvalue weighted by Crippen LogP contribution is 2.35. The monoisotopic (exact) mass is 310 g/mol. The van der Waals surface area contributed by atoms with Crippen molar-refractivity contribution in [2.24, 2.45) is 5.41 Å². The summed E-state index contributed by atoms with van der Waals surface area (Å²) in [6, 6.07) is 1.69.